The Hall–Kier alpha value is -1.05. The summed E-state index contributed by atoms with van der Waals surface area (Å²) < 4.78 is 18.5. The monoisotopic (exact) mass is 168 g/mol. The smallest absolute Gasteiger partial charge is 0.168 e. The molecule has 1 aromatic carbocycles. The zero-order chi connectivity index (χ0) is 9.14. The molecule has 0 amide bonds. The summed E-state index contributed by atoms with van der Waals surface area (Å²) in [6.45, 7) is 5.92. The molecule has 0 aliphatic carbocycles. The maximum Gasteiger partial charge on any atom is 0.168 e. The highest BCUT2D eigenvalue weighted by Crippen LogP contribution is 2.24. The van der Waals surface area contributed by atoms with Crippen LogP contribution in [-0.2, 0) is 0 Å². The van der Waals surface area contributed by atoms with E-state index < -0.39 is 0 Å². The van der Waals surface area contributed by atoms with Gasteiger partial charge in [0.2, 0.25) is 0 Å². The van der Waals surface area contributed by atoms with Crippen molar-refractivity contribution in [3.63, 3.8) is 0 Å². The fourth-order valence-electron chi connectivity index (χ4n) is 1.07. The molecule has 0 atom stereocenters. The minimum Gasteiger partial charge on any atom is -0.491 e. The molecule has 0 aromatic heterocycles. The molecule has 66 valence electrons. The third-order valence-corrected chi connectivity index (χ3v) is 1.78. The molecular formula is C10H13FO. The maximum atomic E-state index is 13.3. The third-order valence-electron chi connectivity index (χ3n) is 1.78. The molecule has 0 spiro atoms. The Bertz CT molecular complexity index is 281. The van der Waals surface area contributed by atoms with Gasteiger partial charge in [-0.25, -0.2) is 4.39 Å². The lowest BCUT2D eigenvalue weighted by Crippen LogP contribution is -1.98. The molecule has 1 nitrogen and oxygen atoms in total. The lowest BCUT2D eigenvalue weighted by Gasteiger charge is -2.09. The quantitative estimate of drug-likeness (QED) is 0.659. The number of benzene rings is 1. The molecule has 0 radical (unpaired) electrons. The van der Waals surface area contributed by atoms with E-state index in [2.05, 4.69) is 0 Å². The second-order valence-electron chi connectivity index (χ2n) is 2.78. The van der Waals surface area contributed by atoms with Crippen LogP contribution in [0.3, 0.4) is 0 Å². The van der Waals surface area contributed by atoms with Gasteiger partial charge in [-0.1, -0.05) is 12.1 Å². The summed E-state index contributed by atoms with van der Waals surface area (Å²) in [5.74, 6) is 0.148. The van der Waals surface area contributed by atoms with Crippen LogP contribution in [0.25, 0.3) is 0 Å². The van der Waals surface area contributed by atoms with Crippen LogP contribution in [0, 0.1) is 19.7 Å². The number of rotatable bonds is 2. The molecule has 12 heavy (non-hydrogen) atoms. The van der Waals surface area contributed by atoms with Gasteiger partial charge in [0.25, 0.3) is 0 Å². The minimum absolute atomic E-state index is 0.239. The number of aryl methyl sites for hydroxylation is 2. The van der Waals surface area contributed by atoms with E-state index in [1.54, 1.807) is 13.0 Å². The molecule has 0 aliphatic rings. The Morgan fingerprint density at radius 1 is 1.25 bits per heavy atom. The van der Waals surface area contributed by atoms with Crippen LogP contribution in [0.2, 0.25) is 0 Å². The van der Waals surface area contributed by atoms with Gasteiger partial charge in [-0.15, -0.1) is 0 Å². The standard InChI is InChI=1S/C10H13FO/c1-4-12-10-8(3)6-5-7(2)9(10)11/h5-6H,4H2,1-3H3. The van der Waals surface area contributed by atoms with Crippen LogP contribution in [0.1, 0.15) is 18.1 Å². The summed E-state index contributed by atoms with van der Waals surface area (Å²) in [5.41, 5.74) is 1.48. The van der Waals surface area contributed by atoms with Crippen LogP contribution < -0.4 is 4.74 Å². The topological polar surface area (TPSA) is 9.23 Å². The van der Waals surface area contributed by atoms with Gasteiger partial charge in [-0.2, -0.15) is 0 Å². The van der Waals surface area contributed by atoms with E-state index in [1.807, 2.05) is 19.9 Å². The van der Waals surface area contributed by atoms with Crippen molar-refractivity contribution in [2.45, 2.75) is 20.8 Å². The Labute approximate surface area is 72.2 Å². The van der Waals surface area contributed by atoms with Gasteiger partial charge in [-0.3, -0.25) is 0 Å². The van der Waals surface area contributed by atoms with Crippen molar-refractivity contribution in [3.05, 3.63) is 29.1 Å². The first-order valence-corrected chi connectivity index (χ1v) is 4.05. The Morgan fingerprint density at radius 2 is 1.83 bits per heavy atom. The lowest BCUT2D eigenvalue weighted by atomic mass is 10.1. The van der Waals surface area contributed by atoms with Crippen LogP contribution in [0.15, 0.2) is 12.1 Å². The van der Waals surface area contributed by atoms with Gasteiger partial charge >= 0.3 is 0 Å². The van der Waals surface area contributed by atoms with Crippen molar-refractivity contribution in [1.29, 1.82) is 0 Å². The zero-order valence-electron chi connectivity index (χ0n) is 7.65. The molecule has 0 saturated carbocycles. The predicted molar refractivity (Wildman–Crippen MR) is 47.0 cm³/mol. The highest BCUT2D eigenvalue weighted by molar-refractivity contribution is 5.37. The van der Waals surface area contributed by atoms with E-state index in [0.717, 1.165) is 5.56 Å². The molecule has 0 saturated heterocycles. The predicted octanol–water partition coefficient (Wildman–Crippen LogP) is 2.84. The largest absolute Gasteiger partial charge is 0.491 e. The highest BCUT2D eigenvalue weighted by atomic mass is 19.1. The lowest BCUT2D eigenvalue weighted by molar-refractivity contribution is 0.318. The van der Waals surface area contributed by atoms with E-state index in [9.17, 15) is 4.39 Å². The summed E-state index contributed by atoms with van der Waals surface area (Å²) in [5, 5.41) is 0. The van der Waals surface area contributed by atoms with Crippen LogP contribution in [0.4, 0.5) is 4.39 Å². The fraction of sp³-hybridized carbons (Fsp3) is 0.400. The van der Waals surface area contributed by atoms with Gasteiger partial charge in [0.05, 0.1) is 6.61 Å². The molecule has 2 heteroatoms. The molecule has 0 aliphatic heterocycles. The van der Waals surface area contributed by atoms with Crippen LogP contribution in [-0.4, -0.2) is 6.61 Å². The van der Waals surface area contributed by atoms with Crippen LogP contribution >= 0.6 is 0 Å². The van der Waals surface area contributed by atoms with E-state index in [4.69, 9.17) is 4.74 Å². The molecule has 0 heterocycles. The number of hydrogen-bond acceptors (Lipinski definition) is 1. The molecule has 0 fully saturated rings. The van der Waals surface area contributed by atoms with Crippen molar-refractivity contribution in [2.75, 3.05) is 6.61 Å². The molecule has 1 rings (SSSR count). The Balaban J connectivity index is 3.14. The molecule has 0 N–H and O–H groups in total. The normalized spacial score (nSPS) is 10.0. The summed E-state index contributed by atoms with van der Waals surface area (Å²) in [4.78, 5) is 0. The van der Waals surface area contributed by atoms with E-state index in [-0.39, 0.29) is 5.82 Å². The van der Waals surface area contributed by atoms with Crippen molar-refractivity contribution in [2.24, 2.45) is 0 Å². The summed E-state index contributed by atoms with van der Waals surface area (Å²) in [7, 11) is 0. The van der Waals surface area contributed by atoms with Crippen molar-refractivity contribution in [3.8, 4) is 5.75 Å². The second kappa shape index (κ2) is 3.57. The SMILES string of the molecule is CCOc1c(C)ccc(C)c1F. The molecule has 0 bridgehead atoms. The highest BCUT2D eigenvalue weighted by Gasteiger charge is 2.08. The zero-order valence-corrected chi connectivity index (χ0v) is 7.65. The molecular weight excluding hydrogens is 155 g/mol. The Morgan fingerprint density at radius 3 is 2.42 bits per heavy atom. The van der Waals surface area contributed by atoms with E-state index in [0.29, 0.717) is 17.9 Å². The Kier molecular flexibility index (Phi) is 2.69. The average molecular weight is 168 g/mol. The van der Waals surface area contributed by atoms with Gasteiger partial charge in [0, 0.05) is 0 Å². The van der Waals surface area contributed by atoms with Gasteiger partial charge in [-0.05, 0) is 31.9 Å². The van der Waals surface area contributed by atoms with Crippen molar-refractivity contribution in [1.82, 2.24) is 0 Å². The van der Waals surface area contributed by atoms with Gasteiger partial charge in [0.15, 0.2) is 11.6 Å². The summed E-state index contributed by atoms with van der Waals surface area (Å²) in [6.07, 6.45) is 0. The fourth-order valence-corrected chi connectivity index (χ4v) is 1.07. The third kappa shape index (κ3) is 1.58. The molecule has 0 unspecified atom stereocenters. The first-order chi connectivity index (χ1) is 5.66. The van der Waals surface area contributed by atoms with Crippen molar-refractivity contribution >= 4 is 0 Å². The number of ether oxygens (including phenoxy) is 1. The summed E-state index contributed by atoms with van der Waals surface area (Å²) >= 11 is 0. The van der Waals surface area contributed by atoms with Gasteiger partial charge in [0.1, 0.15) is 0 Å². The number of hydrogen-bond donors (Lipinski definition) is 0. The minimum atomic E-state index is -0.239. The van der Waals surface area contributed by atoms with Crippen LogP contribution in [0.5, 0.6) is 5.75 Å². The van der Waals surface area contributed by atoms with E-state index in [1.165, 1.54) is 0 Å². The second-order valence-corrected chi connectivity index (χ2v) is 2.78. The summed E-state index contributed by atoms with van der Waals surface area (Å²) in [6, 6.07) is 3.62. The average Bonchev–Trinajstić information content (AvgIpc) is 2.06. The van der Waals surface area contributed by atoms with Crippen molar-refractivity contribution < 1.29 is 9.13 Å². The first kappa shape index (κ1) is 9.04. The number of halogens is 1. The molecule has 1 aromatic rings. The van der Waals surface area contributed by atoms with E-state index >= 15 is 0 Å². The van der Waals surface area contributed by atoms with Gasteiger partial charge < -0.3 is 4.74 Å². The first-order valence-electron chi connectivity index (χ1n) is 4.05. The maximum absolute atomic E-state index is 13.3.